The van der Waals surface area contributed by atoms with Gasteiger partial charge >= 0.3 is 5.69 Å². The van der Waals surface area contributed by atoms with Crippen molar-refractivity contribution in [1.29, 1.82) is 0 Å². The van der Waals surface area contributed by atoms with Crippen LogP contribution >= 0.6 is 0 Å². The number of hydrogen-bond acceptors (Lipinski definition) is 5. The van der Waals surface area contributed by atoms with E-state index in [9.17, 15) is 14.4 Å². The number of nitrogens with zero attached hydrogens (tertiary/aromatic N) is 1. The first-order chi connectivity index (χ1) is 14.1. The highest BCUT2D eigenvalue weighted by Gasteiger charge is 2.17. The van der Waals surface area contributed by atoms with Gasteiger partial charge in [0.2, 0.25) is 0 Å². The van der Waals surface area contributed by atoms with Crippen LogP contribution in [-0.4, -0.2) is 41.8 Å². The fraction of sp³-hybridized carbons (Fsp3) is 0.286. The molecule has 8 nitrogen and oxygen atoms in total. The molecule has 2 aromatic carbocycles. The average molecular weight is 395 g/mol. The van der Waals surface area contributed by atoms with Crippen molar-refractivity contribution in [3.8, 4) is 11.4 Å². The number of carbonyl (C=O) groups excluding carboxylic acids is 1. The molecule has 1 aliphatic rings. The predicted molar refractivity (Wildman–Crippen MR) is 108 cm³/mol. The molecule has 4 rings (SSSR count). The lowest BCUT2D eigenvalue weighted by Crippen LogP contribution is -2.34. The van der Waals surface area contributed by atoms with Crippen molar-refractivity contribution in [3.63, 3.8) is 0 Å². The molecule has 1 aromatic heterocycles. The highest BCUT2D eigenvalue weighted by molar-refractivity contribution is 5.97. The quantitative estimate of drug-likeness (QED) is 0.683. The monoisotopic (exact) mass is 395 g/mol. The molecule has 0 saturated carbocycles. The third kappa shape index (κ3) is 3.79. The van der Waals surface area contributed by atoms with E-state index in [1.54, 1.807) is 43.5 Å². The van der Waals surface area contributed by atoms with E-state index in [0.717, 1.165) is 24.0 Å². The molecule has 2 N–H and O–H groups in total. The normalized spacial score (nSPS) is 16.1. The van der Waals surface area contributed by atoms with Gasteiger partial charge in [-0.15, -0.1) is 0 Å². The number of amides is 1. The summed E-state index contributed by atoms with van der Waals surface area (Å²) in [5, 5.41) is 3.15. The number of benzene rings is 2. The van der Waals surface area contributed by atoms with Crippen LogP contribution < -0.4 is 21.3 Å². The third-order valence-corrected chi connectivity index (χ3v) is 5.00. The number of hydrogen-bond donors (Lipinski definition) is 2. The summed E-state index contributed by atoms with van der Waals surface area (Å²) in [6.45, 7) is 1.16. The molecule has 1 unspecified atom stereocenters. The number of aromatic amines is 1. The Morgan fingerprint density at radius 3 is 2.72 bits per heavy atom. The number of ether oxygens (including phenoxy) is 2. The lowest BCUT2D eigenvalue weighted by molar-refractivity contribution is 0.0858. The molecule has 1 fully saturated rings. The zero-order valence-electron chi connectivity index (χ0n) is 15.9. The Morgan fingerprint density at radius 1 is 1.24 bits per heavy atom. The van der Waals surface area contributed by atoms with Gasteiger partial charge in [0, 0.05) is 18.7 Å². The van der Waals surface area contributed by atoms with Crippen molar-refractivity contribution in [3.05, 3.63) is 68.9 Å². The minimum absolute atomic E-state index is 0.0379. The Labute approximate surface area is 166 Å². The summed E-state index contributed by atoms with van der Waals surface area (Å²) in [5.41, 5.74) is 0.0735. The van der Waals surface area contributed by atoms with Crippen LogP contribution in [0, 0.1) is 0 Å². The van der Waals surface area contributed by atoms with Gasteiger partial charge in [0.25, 0.3) is 11.5 Å². The molecule has 1 amide bonds. The van der Waals surface area contributed by atoms with Gasteiger partial charge in [0.1, 0.15) is 5.75 Å². The van der Waals surface area contributed by atoms with Gasteiger partial charge in [-0.1, -0.05) is 0 Å². The van der Waals surface area contributed by atoms with E-state index < -0.39 is 11.2 Å². The molecule has 1 saturated heterocycles. The second kappa shape index (κ2) is 7.92. The van der Waals surface area contributed by atoms with Crippen LogP contribution in [0.2, 0.25) is 0 Å². The highest BCUT2D eigenvalue weighted by Crippen LogP contribution is 2.15. The predicted octanol–water partition coefficient (Wildman–Crippen LogP) is 1.60. The molecule has 3 aromatic rings. The van der Waals surface area contributed by atoms with Crippen molar-refractivity contribution >= 4 is 16.8 Å². The van der Waals surface area contributed by atoms with Gasteiger partial charge in [-0.25, -0.2) is 9.36 Å². The Kier molecular flexibility index (Phi) is 5.18. The maximum absolute atomic E-state index is 12.9. The molecule has 1 atom stereocenters. The van der Waals surface area contributed by atoms with Crippen molar-refractivity contribution in [2.75, 3.05) is 20.3 Å². The maximum atomic E-state index is 12.9. The van der Waals surface area contributed by atoms with Gasteiger partial charge in [-0.05, 0) is 55.3 Å². The van der Waals surface area contributed by atoms with E-state index >= 15 is 0 Å². The van der Waals surface area contributed by atoms with Crippen LogP contribution in [-0.2, 0) is 4.74 Å². The average Bonchev–Trinajstić information content (AvgIpc) is 3.26. The molecule has 29 heavy (non-hydrogen) atoms. The fourth-order valence-corrected chi connectivity index (χ4v) is 3.44. The van der Waals surface area contributed by atoms with Crippen LogP contribution in [0.1, 0.15) is 23.2 Å². The summed E-state index contributed by atoms with van der Waals surface area (Å²) >= 11 is 0. The van der Waals surface area contributed by atoms with Gasteiger partial charge < -0.3 is 19.8 Å². The number of methoxy groups -OCH3 is 1. The molecule has 0 spiro atoms. The van der Waals surface area contributed by atoms with E-state index in [1.165, 1.54) is 6.07 Å². The summed E-state index contributed by atoms with van der Waals surface area (Å²) < 4.78 is 11.7. The number of rotatable bonds is 5. The Bertz CT molecular complexity index is 1160. The SMILES string of the molecule is COc1ccc(-n2c(=O)[nH]c3cc(C(=O)NCC4CCCO4)ccc3c2=O)cc1. The van der Waals surface area contributed by atoms with Crippen LogP contribution in [0.25, 0.3) is 16.6 Å². The summed E-state index contributed by atoms with van der Waals surface area (Å²) in [6.07, 6.45) is 1.96. The van der Waals surface area contributed by atoms with Crippen LogP contribution in [0.15, 0.2) is 52.1 Å². The Balaban J connectivity index is 1.65. The second-order valence-electron chi connectivity index (χ2n) is 6.87. The largest absolute Gasteiger partial charge is 0.497 e. The molecule has 8 heteroatoms. The summed E-state index contributed by atoms with van der Waals surface area (Å²) in [6, 6.07) is 11.3. The molecule has 150 valence electrons. The van der Waals surface area contributed by atoms with Gasteiger partial charge in [0.15, 0.2) is 0 Å². The summed E-state index contributed by atoms with van der Waals surface area (Å²) in [7, 11) is 1.54. The van der Waals surface area contributed by atoms with Crippen molar-refractivity contribution in [2.45, 2.75) is 18.9 Å². The number of aromatic nitrogens is 2. The summed E-state index contributed by atoms with van der Waals surface area (Å²) in [4.78, 5) is 40.5. The first-order valence-electron chi connectivity index (χ1n) is 9.40. The smallest absolute Gasteiger partial charge is 0.333 e. The van der Waals surface area contributed by atoms with Crippen LogP contribution in [0.4, 0.5) is 0 Å². The molecular formula is C21H21N3O5. The minimum Gasteiger partial charge on any atom is -0.497 e. The van der Waals surface area contributed by atoms with E-state index in [2.05, 4.69) is 10.3 Å². The van der Waals surface area contributed by atoms with Crippen LogP contribution in [0.5, 0.6) is 5.75 Å². The first kappa shape index (κ1) is 18.9. The lowest BCUT2D eigenvalue weighted by Gasteiger charge is -2.11. The Morgan fingerprint density at radius 2 is 2.03 bits per heavy atom. The first-order valence-corrected chi connectivity index (χ1v) is 9.40. The van der Waals surface area contributed by atoms with Crippen molar-refractivity contribution < 1.29 is 14.3 Å². The van der Waals surface area contributed by atoms with E-state index in [0.29, 0.717) is 34.4 Å². The molecule has 0 aliphatic carbocycles. The maximum Gasteiger partial charge on any atom is 0.333 e. The standard InChI is InChI=1S/C21H21N3O5/c1-28-15-7-5-14(6-8-15)24-20(26)17-9-4-13(11-18(17)23-21(24)27)19(25)22-12-16-3-2-10-29-16/h4-9,11,16H,2-3,10,12H2,1H3,(H,22,25)(H,23,27). The Hall–Kier alpha value is -3.39. The molecule has 2 heterocycles. The molecule has 1 aliphatic heterocycles. The third-order valence-electron chi connectivity index (χ3n) is 5.00. The minimum atomic E-state index is -0.579. The number of nitrogens with one attached hydrogen (secondary N) is 2. The second-order valence-corrected chi connectivity index (χ2v) is 6.87. The lowest BCUT2D eigenvalue weighted by atomic mass is 10.1. The van der Waals surface area contributed by atoms with Gasteiger partial charge in [-0.3, -0.25) is 9.59 Å². The van der Waals surface area contributed by atoms with Crippen LogP contribution in [0.3, 0.4) is 0 Å². The zero-order chi connectivity index (χ0) is 20.4. The van der Waals surface area contributed by atoms with Crippen molar-refractivity contribution in [2.24, 2.45) is 0 Å². The highest BCUT2D eigenvalue weighted by atomic mass is 16.5. The number of fused-ring (bicyclic) bond motifs is 1. The van der Waals surface area contributed by atoms with E-state index in [-0.39, 0.29) is 12.0 Å². The van der Waals surface area contributed by atoms with Gasteiger partial charge in [-0.2, -0.15) is 0 Å². The molecule has 0 bridgehead atoms. The molecular weight excluding hydrogens is 374 g/mol. The zero-order valence-corrected chi connectivity index (χ0v) is 15.9. The topological polar surface area (TPSA) is 102 Å². The molecule has 0 radical (unpaired) electrons. The van der Waals surface area contributed by atoms with Crippen molar-refractivity contribution in [1.82, 2.24) is 14.9 Å². The number of carbonyl (C=O) groups is 1. The fourth-order valence-electron chi connectivity index (χ4n) is 3.44. The van der Waals surface area contributed by atoms with Gasteiger partial charge in [0.05, 0.1) is 29.8 Å². The van der Waals surface area contributed by atoms with E-state index in [4.69, 9.17) is 9.47 Å². The number of H-pyrrole nitrogens is 1. The summed E-state index contributed by atoms with van der Waals surface area (Å²) in [5.74, 6) is 0.347. The van der Waals surface area contributed by atoms with E-state index in [1.807, 2.05) is 0 Å².